The van der Waals surface area contributed by atoms with Crippen LogP contribution in [0.1, 0.15) is 15.2 Å². The van der Waals surface area contributed by atoms with Crippen LogP contribution in [-0.2, 0) is 6.54 Å². The van der Waals surface area contributed by atoms with E-state index in [9.17, 15) is 10.0 Å². The van der Waals surface area contributed by atoms with E-state index in [1.165, 1.54) is 35.9 Å². The molecule has 2 rings (SSSR count). The number of nitrogens with zero attached hydrogens (tertiary/aromatic N) is 2. The molecule has 2 aromatic rings. The van der Waals surface area contributed by atoms with Gasteiger partial charge in [0, 0.05) is 24.1 Å². The molecule has 0 radical (unpaired) electrons. The van der Waals surface area contributed by atoms with Gasteiger partial charge in [-0.15, -0.1) is 11.3 Å². The van der Waals surface area contributed by atoms with Crippen LogP contribution >= 0.6 is 22.9 Å². The lowest BCUT2D eigenvalue weighted by atomic mass is 10.2. The Morgan fingerprint density at radius 3 is 2.61 bits per heavy atom. The molecule has 0 saturated carbocycles. The molecule has 0 unspecified atom stereocenters. The molecular formula is C12H11ClN2O2S. The molecule has 0 spiro atoms. The molecular weight excluding hydrogens is 272 g/mol. The summed E-state index contributed by atoms with van der Waals surface area (Å²) in [6, 6.07) is 6.72. The number of thiophene rings is 1. The van der Waals surface area contributed by atoms with Crippen molar-refractivity contribution in [2.45, 2.75) is 6.54 Å². The minimum Gasteiger partial charge on any atom is -0.619 e. The molecule has 0 fully saturated rings. The van der Waals surface area contributed by atoms with E-state index in [0.29, 0.717) is 21.2 Å². The Morgan fingerprint density at radius 1 is 1.39 bits per heavy atom. The van der Waals surface area contributed by atoms with Crippen LogP contribution in [0.5, 0.6) is 0 Å². The van der Waals surface area contributed by atoms with Gasteiger partial charge in [0.2, 0.25) is 0 Å². The van der Waals surface area contributed by atoms with Crippen LogP contribution in [0.4, 0.5) is 0 Å². The van der Waals surface area contributed by atoms with Gasteiger partial charge in [-0.05, 0) is 12.1 Å². The van der Waals surface area contributed by atoms with Crippen LogP contribution in [0.3, 0.4) is 0 Å². The molecule has 0 aliphatic heterocycles. The predicted molar refractivity (Wildman–Crippen MR) is 70.5 cm³/mol. The van der Waals surface area contributed by atoms with Gasteiger partial charge >= 0.3 is 0 Å². The van der Waals surface area contributed by atoms with Gasteiger partial charge in [0.25, 0.3) is 5.91 Å². The summed E-state index contributed by atoms with van der Waals surface area (Å²) in [5.41, 5.74) is 0.493. The first-order valence-corrected chi connectivity index (χ1v) is 6.44. The molecule has 1 amide bonds. The molecule has 0 atom stereocenters. The predicted octanol–water partition coefficient (Wildman–Crippen LogP) is 2.31. The fourth-order valence-electron chi connectivity index (χ4n) is 1.52. The zero-order valence-corrected chi connectivity index (χ0v) is 11.2. The van der Waals surface area contributed by atoms with E-state index in [4.69, 9.17) is 11.6 Å². The van der Waals surface area contributed by atoms with Crippen LogP contribution < -0.4 is 4.73 Å². The van der Waals surface area contributed by atoms with E-state index in [1.54, 1.807) is 11.9 Å². The van der Waals surface area contributed by atoms with E-state index in [1.807, 2.05) is 12.1 Å². The van der Waals surface area contributed by atoms with E-state index >= 15 is 0 Å². The number of hydrogen-bond acceptors (Lipinski definition) is 3. The van der Waals surface area contributed by atoms with Gasteiger partial charge in [-0.2, -0.15) is 4.73 Å². The zero-order valence-electron chi connectivity index (χ0n) is 9.67. The van der Waals surface area contributed by atoms with E-state index in [0.717, 1.165) is 4.88 Å². The van der Waals surface area contributed by atoms with Gasteiger partial charge in [-0.25, -0.2) is 0 Å². The highest BCUT2D eigenvalue weighted by molar-refractivity contribution is 7.16. The second-order valence-corrected chi connectivity index (χ2v) is 5.61. The Kier molecular flexibility index (Phi) is 3.84. The summed E-state index contributed by atoms with van der Waals surface area (Å²) in [7, 11) is 1.72. The fourth-order valence-corrected chi connectivity index (χ4v) is 2.66. The average molecular weight is 283 g/mol. The highest BCUT2D eigenvalue weighted by Gasteiger charge is 2.13. The first-order valence-electron chi connectivity index (χ1n) is 5.25. The average Bonchev–Trinajstić information content (AvgIpc) is 2.75. The number of pyridine rings is 1. The monoisotopic (exact) mass is 282 g/mol. The first-order chi connectivity index (χ1) is 8.56. The maximum absolute atomic E-state index is 12.1. The second-order valence-electron chi connectivity index (χ2n) is 3.81. The lowest BCUT2D eigenvalue weighted by Gasteiger charge is -2.15. The number of carbonyl (C=O) groups is 1. The number of aromatic nitrogens is 1. The SMILES string of the molecule is CN(Cc1ccc(Cl)s1)C(=O)c1cc[n+]([O-])cc1. The quantitative estimate of drug-likeness (QED) is 0.641. The number of hydrogen-bond donors (Lipinski definition) is 0. The lowest BCUT2D eigenvalue weighted by Crippen LogP contribution is -2.28. The maximum atomic E-state index is 12.1. The minimum absolute atomic E-state index is 0.125. The van der Waals surface area contributed by atoms with Gasteiger partial charge < -0.3 is 10.1 Å². The molecule has 18 heavy (non-hydrogen) atoms. The second kappa shape index (κ2) is 5.37. The van der Waals surface area contributed by atoms with Crippen LogP contribution in [-0.4, -0.2) is 17.9 Å². The van der Waals surface area contributed by atoms with Crippen molar-refractivity contribution in [2.75, 3.05) is 7.05 Å². The van der Waals surface area contributed by atoms with E-state index in [2.05, 4.69) is 0 Å². The Balaban J connectivity index is 2.07. The molecule has 4 nitrogen and oxygen atoms in total. The third-order valence-electron chi connectivity index (χ3n) is 2.42. The molecule has 6 heteroatoms. The number of carbonyl (C=O) groups excluding carboxylic acids is 1. The van der Waals surface area contributed by atoms with Crippen LogP contribution in [0.25, 0.3) is 0 Å². The zero-order chi connectivity index (χ0) is 13.1. The summed E-state index contributed by atoms with van der Waals surface area (Å²) < 4.78 is 1.36. The summed E-state index contributed by atoms with van der Waals surface area (Å²) in [6.07, 6.45) is 2.62. The third kappa shape index (κ3) is 3.00. The molecule has 2 heterocycles. The van der Waals surface area contributed by atoms with Crippen molar-refractivity contribution in [3.05, 3.63) is 56.6 Å². The Labute approximate surface area is 114 Å². The number of halogens is 1. The smallest absolute Gasteiger partial charge is 0.254 e. The first kappa shape index (κ1) is 12.9. The van der Waals surface area contributed by atoms with E-state index < -0.39 is 0 Å². The van der Waals surface area contributed by atoms with Crippen molar-refractivity contribution in [1.29, 1.82) is 0 Å². The topological polar surface area (TPSA) is 47.2 Å². The Hall–Kier alpha value is -1.59. The highest BCUT2D eigenvalue weighted by atomic mass is 35.5. The standard InChI is InChI=1S/C12H11ClN2O2S/c1-14(8-10-2-3-11(13)18-10)12(16)9-4-6-15(17)7-5-9/h2-7H,8H2,1H3. The van der Waals surface area contributed by atoms with Gasteiger partial charge in [0.1, 0.15) is 0 Å². The van der Waals surface area contributed by atoms with Crippen molar-refractivity contribution < 1.29 is 9.52 Å². The van der Waals surface area contributed by atoms with Gasteiger partial charge in [0.15, 0.2) is 12.4 Å². The largest absolute Gasteiger partial charge is 0.619 e. The molecule has 0 aliphatic rings. The van der Waals surface area contributed by atoms with Crippen molar-refractivity contribution in [3.8, 4) is 0 Å². The highest BCUT2D eigenvalue weighted by Crippen LogP contribution is 2.22. The van der Waals surface area contributed by atoms with Crippen LogP contribution in [0.15, 0.2) is 36.7 Å². The molecule has 0 saturated heterocycles. The summed E-state index contributed by atoms with van der Waals surface area (Å²) in [6.45, 7) is 0.502. The third-order valence-corrected chi connectivity index (χ3v) is 3.63. The fraction of sp³-hybridized carbons (Fsp3) is 0.167. The van der Waals surface area contributed by atoms with Gasteiger partial charge in [-0.3, -0.25) is 4.79 Å². The summed E-state index contributed by atoms with van der Waals surface area (Å²) in [5.74, 6) is -0.125. The van der Waals surface area contributed by atoms with Crippen molar-refractivity contribution in [2.24, 2.45) is 0 Å². The van der Waals surface area contributed by atoms with Crippen molar-refractivity contribution in [1.82, 2.24) is 4.90 Å². The maximum Gasteiger partial charge on any atom is 0.254 e. The minimum atomic E-state index is -0.125. The van der Waals surface area contributed by atoms with Crippen molar-refractivity contribution in [3.63, 3.8) is 0 Å². The van der Waals surface area contributed by atoms with Crippen molar-refractivity contribution >= 4 is 28.8 Å². The Bertz CT molecular complexity index is 553. The van der Waals surface area contributed by atoms with Crippen LogP contribution in [0.2, 0.25) is 4.34 Å². The summed E-state index contributed by atoms with van der Waals surface area (Å²) in [4.78, 5) is 14.7. The molecule has 0 bridgehead atoms. The summed E-state index contributed by atoms with van der Waals surface area (Å²) >= 11 is 7.28. The van der Waals surface area contributed by atoms with Gasteiger partial charge in [0.05, 0.1) is 16.4 Å². The normalized spacial score (nSPS) is 10.3. The number of amides is 1. The summed E-state index contributed by atoms with van der Waals surface area (Å²) in [5, 5.41) is 10.9. The van der Waals surface area contributed by atoms with Crippen LogP contribution in [0, 0.1) is 5.21 Å². The lowest BCUT2D eigenvalue weighted by molar-refractivity contribution is -0.605. The van der Waals surface area contributed by atoms with Gasteiger partial charge in [-0.1, -0.05) is 11.6 Å². The Morgan fingerprint density at radius 2 is 2.06 bits per heavy atom. The molecule has 0 aromatic carbocycles. The molecule has 2 aromatic heterocycles. The molecule has 94 valence electrons. The van der Waals surface area contributed by atoms with E-state index in [-0.39, 0.29) is 5.91 Å². The molecule has 0 N–H and O–H groups in total. The number of rotatable bonds is 3. The molecule has 0 aliphatic carbocycles.